The molecule has 2 rings (SSSR count). The molecule has 6 heteroatoms. The van der Waals surface area contributed by atoms with E-state index in [1.807, 2.05) is 11.8 Å². The summed E-state index contributed by atoms with van der Waals surface area (Å²) in [5.74, 6) is 0. The number of halogens is 3. The second kappa shape index (κ2) is 5.83. The Morgan fingerprint density at radius 1 is 1.40 bits per heavy atom. The topological polar surface area (TPSA) is 29.5 Å². The highest BCUT2D eigenvalue weighted by Gasteiger charge is 2.34. The Morgan fingerprint density at radius 3 is 2.80 bits per heavy atom. The van der Waals surface area contributed by atoms with Crippen molar-refractivity contribution in [2.24, 2.45) is 0 Å². The molecule has 110 valence electrons. The lowest BCUT2D eigenvalue weighted by Gasteiger charge is -2.25. The standard InChI is InChI=1S/C14H16F3NO2/c1-10-8-18(5-2-6-20-10)12-4-3-11(9-19)13(7-12)14(15,16)17/h3-4,7,9-10H,2,5-6,8H2,1H3. The van der Waals surface area contributed by atoms with E-state index in [0.29, 0.717) is 25.4 Å². The fraction of sp³-hybridized carbons (Fsp3) is 0.500. The average Bonchev–Trinajstić information content (AvgIpc) is 2.61. The minimum absolute atomic E-state index is 0.0300. The zero-order chi connectivity index (χ0) is 14.8. The van der Waals surface area contributed by atoms with Crippen molar-refractivity contribution in [2.45, 2.75) is 25.6 Å². The molecule has 1 fully saturated rings. The van der Waals surface area contributed by atoms with Crippen LogP contribution in [0.5, 0.6) is 0 Å². The zero-order valence-corrected chi connectivity index (χ0v) is 11.1. The van der Waals surface area contributed by atoms with Gasteiger partial charge in [0.25, 0.3) is 0 Å². The first-order chi connectivity index (χ1) is 9.41. The molecule has 0 aliphatic carbocycles. The van der Waals surface area contributed by atoms with Crippen LogP contribution >= 0.6 is 0 Å². The van der Waals surface area contributed by atoms with Gasteiger partial charge in [0.1, 0.15) is 0 Å². The van der Waals surface area contributed by atoms with Crippen molar-refractivity contribution >= 4 is 12.0 Å². The van der Waals surface area contributed by atoms with Crippen LogP contribution in [-0.4, -0.2) is 32.1 Å². The van der Waals surface area contributed by atoms with Gasteiger partial charge in [0, 0.05) is 30.9 Å². The normalized spacial score (nSPS) is 20.6. The van der Waals surface area contributed by atoms with Crippen LogP contribution in [0.25, 0.3) is 0 Å². The van der Waals surface area contributed by atoms with E-state index in [-0.39, 0.29) is 18.0 Å². The highest BCUT2D eigenvalue weighted by molar-refractivity contribution is 5.79. The molecule has 1 unspecified atom stereocenters. The van der Waals surface area contributed by atoms with Crippen molar-refractivity contribution in [1.82, 2.24) is 0 Å². The SMILES string of the molecule is CC1CN(c2ccc(C=O)c(C(F)(F)F)c2)CCCO1. The fourth-order valence-corrected chi connectivity index (χ4v) is 2.32. The molecular formula is C14H16F3NO2. The molecule has 0 bridgehead atoms. The van der Waals surface area contributed by atoms with Crippen LogP contribution < -0.4 is 4.90 Å². The molecule has 1 aromatic carbocycles. The molecule has 1 heterocycles. The monoisotopic (exact) mass is 287 g/mol. The number of benzene rings is 1. The summed E-state index contributed by atoms with van der Waals surface area (Å²) in [6.07, 6.45) is -3.56. The quantitative estimate of drug-likeness (QED) is 0.783. The van der Waals surface area contributed by atoms with Crippen LogP contribution in [-0.2, 0) is 10.9 Å². The predicted octanol–water partition coefficient (Wildman–Crippen LogP) is 3.13. The fourth-order valence-electron chi connectivity index (χ4n) is 2.32. The Balaban J connectivity index is 2.35. The van der Waals surface area contributed by atoms with E-state index in [4.69, 9.17) is 4.74 Å². The van der Waals surface area contributed by atoms with Gasteiger partial charge < -0.3 is 9.64 Å². The van der Waals surface area contributed by atoms with Crippen molar-refractivity contribution in [3.05, 3.63) is 29.3 Å². The van der Waals surface area contributed by atoms with Crippen LogP contribution in [0, 0.1) is 0 Å². The molecule has 20 heavy (non-hydrogen) atoms. The number of nitrogens with zero attached hydrogens (tertiary/aromatic N) is 1. The van der Waals surface area contributed by atoms with Gasteiger partial charge in [-0.2, -0.15) is 13.2 Å². The zero-order valence-electron chi connectivity index (χ0n) is 11.1. The minimum Gasteiger partial charge on any atom is -0.377 e. The van der Waals surface area contributed by atoms with Gasteiger partial charge in [-0.15, -0.1) is 0 Å². The molecule has 1 aliphatic rings. The third-order valence-electron chi connectivity index (χ3n) is 3.29. The first kappa shape index (κ1) is 14.8. The van der Waals surface area contributed by atoms with E-state index >= 15 is 0 Å². The lowest BCUT2D eigenvalue weighted by atomic mass is 10.1. The third kappa shape index (κ3) is 3.30. The van der Waals surface area contributed by atoms with Crippen molar-refractivity contribution in [1.29, 1.82) is 0 Å². The number of carbonyl (C=O) groups is 1. The Kier molecular flexibility index (Phi) is 4.32. The van der Waals surface area contributed by atoms with Gasteiger partial charge in [0.15, 0.2) is 6.29 Å². The Labute approximate surface area is 115 Å². The molecule has 0 spiro atoms. The third-order valence-corrected chi connectivity index (χ3v) is 3.29. The van der Waals surface area contributed by atoms with Crippen molar-refractivity contribution < 1.29 is 22.7 Å². The molecule has 3 nitrogen and oxygen atoms in total. The Morgan fingerprint density at radius 2 is 2.15 bits per heavy atom. The van der Waals surface area contributed by atoms with Gasteiger partial charge >= 0.3 is 6.18 Å². The molecule has 0 N–H and O–H groups in total. The number of aldehydes is 1. The van der Waals surface area contributed by atoms with Crippen molar-refractivity contribution in [3.63, 3.8) is 0 Å². The molecular weight excluding hydrogens is 271 g/mol. The maximum atomic E-state index is 12.9. The highest BCUT2D eigenvalue weighted by Crippen LogP contribution is 2.34. The summed E-state index contributed by atoms with van der Waals surface area (Å²) in [4.78, 5) is 12.6. The van der Waals surface area contributed by atoms with Crippen molar-refractivity contribution in [3.8, 4) is 0 Å². The number of carbonyl (C=O) groups excluding carboxylic acids is 1. The van der Waals surface area contributed by atoms with E-state index in [1.54, 1.807) is 6.07 Å². The second-order valence-corrected chi connectivity index (χ2v) is 4.87. The van der Waals surface area contributed by atoms with Gasteiger partial charge in [0.2, 0.25) is 0 Å². The van der Waals surface area contributed by atoms with E-state index in [2.05, 4.69) is 0 Å². The van der Waals surface area contributed by atoms with Gasteiger partial charge in [-0.05, 0) is 31.5 Å². The van der Waals surface area contributed by atoms with E-state index in [0.717, 1.165) is 12.5 Å². The van der Waals surface area contributed by atoms with Crippen LogP contribution in [0.1, 0.15) is 29.3 Å². The number of alkyl halides is 3. The number of hydrogen-bond donors (Lipinski definition) is 0. The second-order valence-electron chi connectivity index (χ2n) is 4.87. The largest absolute Gasteiger partial charge is 0.417 e. The Hall–Kier alpha value is -1.56. The summed E-state index contributed by atoms with van der Waals surface area (Å²) in [5, 5.41) is 0. The number of anilines is 1. The summed E-state index contributed by atoms with van der Waals surface area (Å²) in [7, 11) is 0. The lowest BCUT2D eigenvalue weighted by Crippen LogP contribution is -2.30. The minimum atomic E-state index is -4.53. The number of ether oxygens (including phenoxy) is 1. The molecule has 0 radical (unpaired) electrons. The molecule has 0 saturated carbocycles. The summed E-state index contributed by atoms with van der Waals surface area (Å²) >= 11 is 0. The van der Waals surface area contributed by atoms with E-state index < -0.39 is 11.7 Å². The average molecular weight is 287 g/mol. The molecule has 1 aliphatic heterocycles. The van der Waals surface area contributed by atoms with E-state index in [1.165, 1.54) is 6.07 Å². The van der Waals surface area contributed by atoms with Crippen LogP contribution in [0.15, 0.2) is 18.2 Å². The molecule has 1 aromatic rings. The summed E-state index contributed by atoms with van der Waals surface area (Å²) < 4.78 is 44.3. The first-order valence-corrected chi connectivity index (χ1v) is 6.45. The first-order valence-electron chi connectivity index (χ1n) is 6.45. The summed E-state index contributed by atoms with van der Waals surface area (Å²) in [5.41, 5.74) is -0.747. The highest BCUT2D eigenvalue weighted by atomic mass is 19.4. The number of hydrogen-bond acceptors (Lipinski definition) is 3. The summed E-state index contributed by atoms with van der Waals surface area (Å²) in [6.45, 7) is 3.68. The maximum Gasteiger partial charge on any atom is 0.417 e. The van der Waals surface area contributed by atoms with Gasteiger partial charge in [-0.3, -0.25) is 4.79 Å². The Bertz CT molecular complexity index is 488. The maximum absolute atomic E-state index is 12.9. The number of rotatable bonds is 2. The van der Waals surface area contributed by atoms with Gasteiger partial charge in [-0.1, -0.05) is 0 Å². The molecule has 0 amide bonds. The van der Waals surface area contributed by atoms with Crippen LogP contribution in [0.3, 0.4) is 0 Å². The van der Waals surface area contributed by atoms with Crippen LogP contribution in [0.4, 0.5) is 18.9 Å². The molecule has 1 atom stereocenters. The molecule has 0 aromatic heterocycles. The van der Waals surface area contributed by atoms with Gasteiger partial charge in [0.05, 0.1) is 11.7 Å². The van der Waals surface area contributed by atoms with Gasteiger partial charge in [-0.25, -0.2) is 0 Å². The predicted molar refractivity (Wildman–Crippen MR) is 69.1 cm³/mol. The smallest absolute Gasteiger partial charge is 0.377 e. The van der Waals surface area contributed by atoms with E-state index in [9.17, 15) is 18.0 Å². The van der Waals surface area contributed by atoms with Crippen molar-refractivity contribution in [2.75, 3.05) is 24.6 Å². The summed E-state index contributed by atoms with van der Waals surface area (Å²) in [6, 6.07) is 3.82. The van der Waals surface area contributed by atoms with Crippen LogP contribution in [0.2, 0.25) is 0 Å². The lowest BCUT2D eigenvalue weighted by molar-refractivity contribution is -0.137. The molecule has 1 saturated heterocycles.